The summed E-state index contributed by atoms with van der Waals surface area (Å²) < 4.78 is 25.5. The molecule has 0 aromatic carbocycles. The maximum absolute atomic E-state index is 11.6. The number of aliphatic hydroxyl groups is 1. The van der Waals surface area contributed by atoms with Crippen LogP contribution in [-0.2, 0) is 10.0 Å². The predicted octanol–water partition coefficient (Wildman–Crippen LogP) is 2.01. The minimum Gasteiger partial charge on any atom is -0.394 e. The Balaban J connectivity index is 2.29. The van der Waals surface area contributed by atoms with Gasteiger partial charge in [-0.15, -0.1) is 0 Å². The molecule has 0 amide bonds. The summed E-state index contributed by atoms with van der Waals surface area (Å²) >= 11 is 1.28. The zero-order chi connectivity index (χ0) is 21.6. The number of rotatable bonds is 10. The molecular formula is C17H27N7O3S2. The number of nitrogens with zero attached hydrogens (tertiary/aromatic N) is 5. The second-order valence-corrected chi connectivity index (χ2v) is 10.2. The van der Waals surface area contributed by atoms with Crippen LogP contribution < -0.4 is 10.0 Å². The minimum absolute atomic E-state index is 0.0919. The smallest absolute Gasteiger partial charge is 0.242 e. The number of aliphatic hydroxyl groups excluding tert-OH is 1. The molecule has 2 atom stereocenters. The Morgan fingerprint density at radius 2 is 1.72 bits per heavy atom. The third kappa shape index (κ3) is 8.07. The molecule has 2 aromatic heterocycles. The monoisotopic (exact) mass is 441 g/mol. The second kappa shape index (κ2) is 10.1. The van der Waals surface area contributed by atoms with E-state index in [0.717, 1.165) is 11.8 Å². The van der Waals surface area contributed by atoms with Gasteiger partial charge in [0.25, 0.3) is 0 Å². The van der Waals surface area contributed by atoms with Gasteiger partial charge in [0.15, 0.2) is 5.16 Å². The first-order valence-electron chi connectivity index (χ1n) is 9.12. The molecule has 10 nitrogen and oxygen atoms in total. The highest BCUT2D eigenvalue weighted by Gasteiger charge is 2.18. The molecule has 0 fully saturated rings. The fourth-order valence-corrected chi connectivity index (χ4v) is 3.68. The Bertz CT molecular complexity index is 908. The first kappa shape index (κ1) is 23.2. The quantitative estimate of drug-likeness (QED) is 0.468. The van der Waals surface area contributed by atoms with Gasteiger partial charge < -0.3 is 10.4 Å². The molecule has 0 saturated carbocycles. The molecule has 29 heavy (non-hydrogen) atoms. The number of aromatic nitrogens is 5. The Hall–Kier alpha value is -2.05. The highest BCUT2D eigenvalue weighted by atomic mass is 32.2. The van der Waals surface area contributed by atoms with Gasteiger partial charge in [-0.05, 0) is 31.7 Å². The maximum Gasteiger partial charge on any atom is 0.242 e. The van der Waals surface area contributed by atoms with Gasteiger partial charge in [0, 0.05) is 12.4 Å². The fourth-order valence-electron chi connectivity index (χ4n) is 2.44. The lowest BCUT2D eigenvalue weighted by atomic mass is 10.0. The summed E-state index contributed by atoms with van der Waals surface area (Å²) in [6.45, 7) is 7.79. The van der Waals surface area contributed by atoms with Gasteiger partial charge in [0.1, 0.15) is 5.82 Å². The van der Waals surface area contributed by atoms with E-state index in [1.165, 1.54) is 11.8 Å². The van der Waals surface area contributed by atoms with Gasteiger partial charge in [-0.2, -0.15) is 15.0 Å². The molecule has 2 rings (SSSR count). The molecule has 0 saturated heterocycles. The first-order valence-corrected chi connectivity index (χ1v) is 11.9. The first-order chi connectivity index (χ1) is 13.6. The number of sulfonamides is 1. The molecule has 0 spiro atoms. The van der Waals surface area contributed by atoms with E-state index in [4.69, 9.17) is 0 Å². The molecule has 0 aliphatic heterocycles. The summed E-state index contributed by atoms with van der Waals surface area (Å²) in [7, 11) is -3.56. The van der Waals surface area contributed by atoms with Crippen molar-refractivity contribution in [3.8, 4) is 0 Å². The minimum atomic E-state index is -3.56. The normalized spacial score (nSPS) is 13.9. The molecule has 3 N–H and O–H groups in total. The van der Waals surface area contributed by atoms with Crippen LogP contribution in [0.1, 0.15) is 43.8 Å². The van der Waals surface area contributed by atoms with Gasteiger partial charge in [-0.25, -0.2) is 18.4 Å². The van der Waals surface area contributed by atoms with Gasteiger partial charge >= 0.3 is 0 Å². The third-order valence-corrected chi connectivity index (χ3v) is 5.16. The van der Waals surface area contributed by atoms with Crippen LogP contribution in [0.2, 0.25) is 0 Å². The molecule has 160 valence electrons. The molecule has 0 aliphatic rings. The average molecular weight is 442 g/mol. The van der Waals surface area contributed by atoms with Crippen molar-refractivity contribution >= 4 is 33.7 Å². The van der Waals surface area contributed by atoms with Crippen LogP contribution in [-0.4, -0.2) is 57.3 Å². The van der Waals surface area contributed by atoms with Crippen LogP contribution >= 0.6 is 11.8 Å². The van der Waals surface area contributed by atoms with E-state index in [1.54, 1.807) is 12.4 Å². The number of thioether (sulfide) groups is 1. The van der Waals surface area contributed by atoms with Crippen LogP contribution in [0.4, 0.5) is 11.9 Å². The Kier molecular flexibility index (Phi) is 8.11. The van der Waals surface area contributed by atoms with Crippen LogP contribution in [0.25, 0.3) is 0 Å². The SMILES string of the molecule is Cc1cnc([C@H](C)Sc2nc(N[C@@H](CO)CC(C)C)nc(NS(C)(=O)=O)n2)nc1. The maximum atomic E-state index is 11.6. The lowest BCUT2D eigenvalue weighted by Crippen LogP contribution is -2.27. The van der Waals surface area contributed by atoms with Crippen molar-refractivity contribution < 1.29 is 13.5 Å². The summed E-state index contributed by atoms with van der Waals surface area (Å²) in [6, 6.07) is -0.265. The predicted molar refractivity (Wildman–Crippen MR) is 113 cm³/mol. The lowest BCUT2D eigenvalue weighted by Gasteiger charge is -2.19. The van der Waals surface area contributed by atoms with Crippen molar-refractivity contribution in [2.24, 2.45) is 5.92 Å². The van der Waals surface area contributed by atoms with Crippen LogP contribution in [0.15, 0.2) is 17.6 Å². The van der Waals surface area contributed by atoms with E-state index in [0.29, 0.717) is 23.3 Å². The molecule has 0 bridgehead atoms. The number of hydrogen-bond donors (Lipinski definition) is 3. The van der Waals surface area contributed by atoms with Crippen LogP contribution in [0.3, 0.4) is 0 Å². The highest BCUT2D eigenvalue weighted by molar-refractivity contribution is 7.99. The summed E-state index contributed by atoms with van der Waals surface area (Å²) in [5, 5.41) is 12.8. The van der Waals surface area contributed by atoms with E-state index < -0.39 is 10.0 Å². The summed E-state index contributed by atoms with van der Waals surface area (Å²) in [5.41, 5.74) is 0.956. The lowest BCUT2D eigenvalue weighted by molar-refractivity contribution is 0.259. The van der Waals surface area contributed by atoms with E-state index >= 15 is 0 Å². The number of nitrogens with one attached hydrogen (secondary N) is 2. The summed E-state index contributed by atoms with van der Waals surface area (Å²) in [5.74, 6) is 1.06. The van der Waals surface area contributed by atoms with Crippen LogP contribution in [0, 0.1) is 12.8 Å². The van der Waals surface area contributed by atoms with Crippen molar-refractivity contribution in [1.82, 2.24) is 24.9 Å². The van der Waals surface area contributed by atoms with Gasteiger partial charge in [0.05, 0.1) is 24.2 Å². The molecule has 0 radical (unpaired) electrons. The molecular weight excluding hydrogens is 414 g/mol. The number of aryl methyl sites for hydroxylation is 1. The third-order valence-electron chi connectivity index (χ3n) is 3.65. The van der Waals surface area contributed by atoms with Gasteiger partial charge in [-0.3, -0.25) is 4.72 Å². The fraction of sp³-hybridized carbons (Fsp3) is 0.588. The van der Waals surface area contributed by atoms with Crippen molar-refractivity contribution in [3.63, 3.8) is 0 Å². The Morgan fingerprint density at radius 1 is 1.10 bits per heavy atom. The highest BCUT2D eigenvalue weighted by Crippen LogP contribution is 2.31. The topological polar surface area (TPSA) is 143 Å². The van der Waals surface area contributed by atoms with Crippen molar-refractivity contribution in [3.05, 3.63) is 23.8 Å². The Morgan fingerprint density at radius 3 is 2.28 bits per heavy atom. The zero-order valence-electron chi connectivity index (χ0n) is 17.1. The summed E-state index contributed by atoms with van der Waals surface area (Å²) in [4.78, 5) is 21.3. The zero-order valence-corrected chi connectivity index (χ0v) is 18.8. The van der Waals surface area contributed by atoms with Crippen molar-refractivity contribution in [2.75, 3.05) is 22.9 Å². The van der Waals surface area contributed by atoms with Gasteiger partial charge in [0.2, 0.25) is 21.9 Å². The number of hydrogen-bond acceptors (Lipinski definition) is 10. The molecule has 12 heteroatoms. The Labute approximate surface area is 175 Å². The largest absolute Gasteiger partial charge is 0.394 e. The van der Waals surface area contributed by atoms with E-state index in [2.05, 4.69) is 35.0 Å². The number of anilines is 2. The van der Waals surface area contributed by atoms with E-state index in [9.17, 15) is 13.5 Å². The van der Waals surface area contributed by atoms with E-state index in [1.807, 2.05) is 27.7 Å². The molecule has 2 heterocycles. The molecule has 0 aliphatic carbocycles. The standard InChI is InChI=1S/C17H27N7O3S2/c1-10(2)6-13(9-25)20-15-21-16(24-29(5,26)27)23-17(22-15)28-12(4)14-18-7-11(3)8-19-14/h7-8,10,12-13,25H,6,9H2,1-5H3,(H2,20,21,22,23,24)/t12-,13+/m0/s1. The summed E-state index contributed by atoms with van der Waals surface area (Å²) in [6.07, 6.45) is 5.18. The molecule has 0 unspecified atom stereocenters. The second-order valence-electron chi connectivity index (χ2n) is 7.17. The van der Waals surface area contributed by atoms with Gasteiger partial charge in [-0.1, -0.05) is 25.6 Å². The van der Waals surface area contributed by atoms with E-state index in [-0.39, 0.29) is 29.8 Å². The van der Waals surface area contributed by atoms with Crippen LogP contribution in [0.5, 0.6) is 0 Å². The molecule has 2 aromatic rings. The average Bonchev–Trinajstić information content (AvgIpc) is 2.59. The van der Waals surface area contributed by atoms with Crippen molar-refractivity contribution in [1.29, 1.82) is 0 Å². The van der Waals surface area contributed by atoms with Crippen molar-refractivity contribution in [2.45, 2.75) is 50.6 Å².